The number of rotatable bonds is 5. The van der Waals surface area contributed by atoms with Crippen LogP contribution >= 0.6 is 15.9 Å². The second-order valence-electron chi connectivity index (χ2n) is 4.13. The zero-order chi connectivity index (χ0) is 14.8. The lowest BCUT2D eigenvalue weighted by Crippen LogP contribution is -2.18. The van der Waals surface area contributed by atoms with Crippen molar-refractivity contribution < 1.29 is 8.42 Å². The molecule has 0 saturated heterocycles. The summed E-state index contributed by atoms with van der Waals surface area (Å²) in [5, 5.41) is 9.45. The summed E-state index contributed by atoms with van der Waals surface area (Å²) in [6, 6.07) is 3.27. The van der Waals surface area contributed by atoms with Crippen LogP contribution in [0, 0.1) is 6.92 Å². The van der Waals surface area contributed by atoms with Crippen molar-refractivity contribution in [3.8, 4) is 0 Å². The zero-order valence-corrected chi connectivity index (χ0v) is 13.3. The maximum Gasteiger partial charge on any atom is 0.282 e. The first kappa shape index (κ1) is 14.9. The van der Waals surface area contributed by atoms with Gasteiger partial charge in [-0.2, -0.15) is 13.5 Å². The van der Waals surface area contributed by atoms with Gasteiger partial charge in [-0.1, -0.05) is 0 Å². The van der Waals surface area contributed by atoms with Gasteiger partial charge in [-0.3, -0.25) is 9.82 Å². The minimum atomic E-state index is -3.77. The first-order chi connectivity index (χ1) is 9.44. The highest BCUT2D eigenvalue weighted by atomic mass is 79.9. The van der Waals surface area contributed by atoms with Gasteiger partial charge in [0.2, 0.25) is 5.03 Å². The summed E-state index contributed by atoms with van der Waals surface area (Å²) in [5.74, 6) is 0.240. The molecule has 0 saturated carbocycles. The van der Waals surface area contributed by atoms with Crippen LogP contribution in [0.3, 0.4) is 0 Å². The van der Waals surface area contributed by atoms with Crippen molar-refractivity contribution >= 4 is 31.8 Å². The van der Waals surface area contributed by atoms with Crippen molar-refractivity contribution in [3.63, 3.8) is 0 Å². The Morgan fingerprint density at radius 3 is 2.75 bits per heavy atom. The van der Waals surface area contributed by atoms with Gasteiger partial charge < -0.3 is 5.32 Å². The molecule has 7 nitrogen and oxygen atoms in total. The first-order valence-electron chi connectivity index (χ1n) is 5.77. The summed E-state index contributed by atoms with van der Waals surface area (Å²) >= 11 is 3.24. The third kappa shape index (κ3) is 3.17. The smallest absolute Gasteiger partial charge is 0.282 e. The average Bonchev–Trinajstić information content (AvgIpc) is 2.75. The Hall–Kier alpha value is -1.45. The largest absolute Gasteiger partial charge is 0.316 e. The number of halogens is 1. The average molecular weight is 360 g/mol. The van der Waals surface area contributed by atoms with E-state index in [9.17, 15) is 8.42 Å². The SMILES string of the molecule is CNCc1c(S(=O)(=O)Nc2ccc(Br)cn2)n[nH]c1C. The lowest BCUT2D eigenvalue weighted by molar-refractivity contribution is 0.595. The summed E-state index contributed by atoms with van der Waals surface area (Å²) in [5.41, 5.74) is 1.32. The highest BCUT2D eigenvalue weighted by Gasteiger charge is 2.23. The molecule has 20 heavy (non-hydrogen) atoms. The van der Waals surface area contributed by atoms with E-state index in [4.69, 9.17) is 0 Å². The summed E-state index contributed by atoms with van der Waals surface area (Å²) in [6.07, 6.45) is 1.52. The van der Waals surface area contributed by atoms with Crippen molar-refractivity contribution in [3.05, 3.63) is 34.1 Å². The van der Waals surface area contributed by atoms with Gasteiger partial charge in [-0.15, -0.1) is 0 Å². The van der Waals surface area contributed by atoms with Crippen LogP contribution in [-0.2, 0) is 16.6 Å². The second kappa shape index (κ2) is 5.90. The molecule has 0 fully saturated rings. The molecule has 0 aliphatic heterocycles. The van der Waals surface area contributed by atoms with Crippen LogP contribution in [0.4, 0.5) is 5.82 Å². The van der Waals surface area contributed by atoms with E-state index in [2.05, 4.69) is 41.2 Å². The molecule has 0 radical (unpaired) electrons. The van der Waals surface area contributed by atoms with Crippen molar-refractivity contribution in [1.29, 1.82) is 0 Å². The Bertz CT molecular complexity index is 696. The Kier molecular flexibility index (Phi) is 4.41. The molecule has 0 unspecified atom stereocenters. The number of nitrogens with one attached hydrogen (secondary N) is 3. The zero-order valence-electron chi connectivity index (χ0n) is 10.9. The van der Waals surface area contributed by atoms with Gasteiger partial charge in [0.25, 0.3) is 10.0 Å². The number of anilines is 1. The molecule has 2 aromatic heterocycles. The number of aromatic amines is 1. The molecule has 108 valence electrons. The lowest BCUT2D eigenvalue weighted by atomic mass is 10.3. The summed E-state index contributed by atoms with van der Waals surface area (Å²) < 4.78 is 27.8. The molecule has 0 amide bonds. The van der Waals surface area contributed by atoms with Gasteiger partial charge in [-0.25, -0.2) is 4.98 Å². The summed E-state index contributed by atoms with van der Waals surface area (Å²) in [6.45, 7) is 2.18. The maximum atomic E-state index is 12.3. The van der Waals surface area contributed by atoms with Gasteiger partial charge in [-0.05, 0) is 42.0 Å². The Morgan fingerprint density at radius 2 is 2.15 bits per heavy atom. The van der Waals surface area contributed by atoms with Crippen LogP contribution in [0.2, 0.25) is 0 Å². The van der Waals surface area contributed by atoms with Crippen molar-refractivity contribution in [2.45, 2.75) is 18.5 Å². The Morgan fingerprint density at radius 1 is 1.40 bits per heavy atom. The number of aromatic nitrogens is 3. The van der Waals surface area contributed by atoms with E-state index in [1.165, 1.54) is 6.20 Å². The quantitative estimate of drug-likeness (QED) is 0.748. The van der Waals surface area contributed by atoms with Crippen LogP contribution in [-0.4, -0.2) is 30.6 Å². The highest BCUT2D eigenvalue weighted by molar-refractivity contribution is 9.10. The molecule has 0 aliphatic rings. The second-order valence-corrected chi connectivity index (χ2v) is 6.64. The molecule has 0 aromatic carbocycles. The summed E-state index contributed by atoms with van der Waals surface area (Å²) in [7, 11) is -2.03. The number of hydrogen-bond donors (Lipinski definition) is 3. The monoisotopic (exact) mass is 359 g/mol. The van der Waals surface area contributed by atoms with E-state index in [0.717, 1.165) is 4.47 Å². The van der Waals surface area contributed by atoms with E-state index in [1.54, 1.807) is 26.1 Å². The number of nitrogens with zero attached hydrogens (tertiary/aromatic N) is 2. The van der Waals surface area contributed by atoms with E-state index >= 15 is 0 Å². The van der Waals surface area contributed by atoms with E-state index < -0.39 is 10.0 Å². The van der Waals surface area contributed by atoms with E-state index in [1.807, 2.05) is 0 Å². The molecular weight excluding hydrogens is 346 g/mol. The molecule has 2 rings (SSSR count). The lowest BCUT2D eigenvalue weighted by Gasteiger charge is -2.07. The standard InChI is InChI=1S/C11H14BrN5O2S/c1-7-9(6-13-2)11(16-15-7)20(18,19)17-10-4-3-8(12)5-14-10/h3-5,13H,6H2,1-2H3,(H,14,17)(H,15,16). The fourth-order valence-electron chi connectivity index (χ4n) is 1.66. The van der Waals surface area contributed by atoms with Crippen LogP contribution in [0.5, 0.6) is 0 Å². The molecule has 0 aliphatic carbocycles. The summed E-state index contributed by atoms with van der Waals surface area (Å²) in [4.78, 5) is 3.98. The molecule has 9 heteroatoms. The molecule has 2 heterocycles. The van der Waals surface area contributed by atoms with Gasteiger partial charge in [0, 0.05) is 28.5 Å². The fraction of sp³-hybridized carbons (Fsp3) is 0.273. The van der Waals surface area contributed by atoms with Crippen LogP contribution < -0.4 is 10.0 Å². The normalized spacial score (nSPS) is 11.6. The number of aryl methyl sites for hydroxylation is 1. The molecule has 2 aromatic rings. The molecule has 0 spiro atoms. The molecular formula is C11H14BrN5O2S. The number of H-pyrrole nitrogens is 1. The molecule has 0 atom stereocenters. The van der Waals surface area contributed by atoms with Gasteiger partial charge in [0.15, 0.2) is 0 Å². The van der Waals surface area contributed by atoms with Crippen LogP contribution in [0.15, 0.2) is 27.8 Å². The van der Waals surface area contributed by atoms with E-state index in [-0.39, 0.29) is 10.8 Å². The Labute approximate surface area is 125 Å². The minimum absolute atomic E-state index is 0.0194. The maximum absolute atomic E-state index is 12.3. The van der Waals surface area contributed by atoms with Crippen LogP contribution in [0.25, 0.3) is 0 Å². The minimum Gasteiger partial charge on any atom is -0.316 e. The topological polar surface area (TPSA) is 99.8 Å². The fourth-order valence-corrected chi connectivity index (χ4v) is 3.10. The van der Waals surface area contributed by atoms with Crippen molar-refractivity contribution in [2.24, 2.45) is 0 Å². The van der Waals surface area contributed by atoms with Gasteiger partial charge in [0.05, 0.1) is 0 Å². The highest BCUT2D eigenvalue weighted by Crippen LogP contribution is 2.19. The van der Waals surface area contributed by atoms with Crippen molar-refractivity contribution in [1.82, 2.24) is 20.5 Å². The van der Waals surface area contributed by atoms with Gasteiger partial charge in [0.1, 0.15) is 5.82 Å². The molecule has 3 N–H and O–H groups in total. The van der Waals surface area contributed by atoms with E-state index in [0.29, 0.717) is 17.8 Å². The Balaban J connectivity index is 2.33. The molecule has 0 bridgehead atoms. The van der Waals surface area contributed by atoms with Crippen LogP contribution in [0.1, 0.15) is 11.3 Å². The number of pyridine rings is 1. The third-order valence-electron chi connectivity index (χ3n) is 2.61. The predicted molar refractivity (Wildman–Crippen MR) is 78.8 cm³/mol. The van der Waals surface area contributed by atoms with Crippen molar-refractivity contribution in [2.75, 3.05) is 11.8 Å². The number of sulfonamides is 1. The predicted octanol–water partition coefficient (Wildman–Crippen LogP) is 1.40. The third-order valence-corrected chi connectivity index (χ3v) is 4.40. The first-order valence-corrected chi connectivity index (χ1v) is 8.04. The van der Waals surface area contributed by atoms with Gasteiger partial charge >= 0.3 is 0 Å². The number of hydrogen-bond acceptors (Lipinski definition) is 5.